The molecule has 128 valence electrons. The van der Waals surface area contributed by atoms with Crippen LogP contribution in [0.15, 0.2) is 29.4 Å². The molecule has 1 aliphatic rings. The minimum atomic E-state index is -0.220. The molecule has 0 radical (unpaired) electrons. The minimum Gasteiger partial charge on any atom is -0.345 e. The molecular weight excluding hydrogens is 322 g/mol. The molecule has 0 aliphatic carbocycles. The van der Waals surface area contributed by atoms with Gasteiger partial charge in [0.2, 0.25) is 5.91 Å². The lowest BCUT2D eigenvalue weighted by molar-refractivity contribution is -0.121. The zero-order valence-electron chi connectivity index (χ0n) is 14.3. The number of hydrogen-bond acceptors (Lipinski definition) is 5. The molecule has 2 unspecified atom stereocenters. The fraction of sp³-hybridized carbons (Fsp3) is 0.529. The van der Waals surface area contributed by atoms with Crippen LogP contribution in [0.2, 0.25) is 0 Å². The molecular formula is C17H23N5OS. The Balaban J connectivity index is 1.70. The van der Waals surface area contributed by atoms with Crippen molar-refractivity contribution < 1.29 is 4.79 Å². The Bertz CT molecular complexity index is 700. The van der Waals surface area contributed by atoms with Gasteiger partial charge in [0.15, 0.2) is 5.82 Å². The highest BCUT2D eigenvalue weighted by atomic mass is 32.2. The summed E-state index contributed by atoms with van der Waals surface area (Å²) in [4.78, 5) is 16.9. The molecule has 1 N–H and O–H groups in total. The average Bonchev–Trinajstić information content (AvgIpc) is 3.16. The number of rotatable bonds is 6. The average molecular weight is 345 g/mol. The van der Waals surface area contributed by atoms with Crippen molar-refractivity contribution in [2.24, 2.45) is 5.92 Å². The largest absolute Gasteiger partial charge is 0.345 e. The smallest absolute Gasteiger partial charge is 0.233 e. The molecule has 2 aromatic rings. The number of nitrogens with one attached hydrogen (secondary N) is 1. The van der Waals surface area contributed by atoms with Crippen molar-refractivity contribution in [3.05, 3.63) is 36.0 Å². The van der Waals surface area contributed by atoms with Gasteiger partial charge in [-0.1, -0.05) is 31.7 Å². The van der Waals surface area contributed by atoms with E-state index in [2.05, 4.69) is 38.9 Å². The highest BCUT2D eigenvalue weighted by molar-refractivity contribution is 8.00. The van der Waals surface area contributed by atoms with Gasteiger partial charge in [-0.3, -0.25) is 4.79 Å². The highest BCUT2D eigenvalue weighted by Gasteiger charge is 2.29. The van der Waals surface area contributed by atoms with E-state index in [4.69, 9.17) is 0 Å². The molecule has 2 aromatic heterocycles. The minimum absolute atomic E-state index is 0.000278. The van der Waals surface area contributed by atoms with Crippen LogP contribution in [-0.4, -0.2) is 30.9 Å². The van der Waals surface area contributed by atoms with E-state index in [1.807, 2.05) is 25.1 Å². The van der Waals surface area contributed by atoms with E-state index in [1.165, 1.54) is 11.8 Å². The molecule has 1 amide bonds. The Morgan fingerprint density at radius 3 is 2.83 bits per heavy atom. The summed E-state index contributed by atoms with van der Waals surface area (Å²) in [5.74, 6) is 2.15. The number of thioether (sulfide) groups is 1. The summed E-state index contributed by atoms with van der Waals surface area (Å²) in [6, 6.07) is 5.59. The molecule has 0 aromatic carbocycles. The molecule has 0 saturated heterocycles. The van der Waals surface area contributed by atoms with Crippen LogP contribution < -0.4 is 5.32 Å². The third-order valence-corrected chi connectivity index (χ3v) is 5.24. The molecule has 7 heteroatoms. The van der Waals surface area contributed by atoms with E-state index in [1.54, 1.807) is 6.20 Å². The van der Waals surface area contributed by atoms with E-state index in [-0.39, 0.29) is 23.1 Å². The van der Waals surface area contributed by atoms with Crippen LogP contribution in [0.25, 0.3) is 0 Å². The van der Waals surface area contributed by atoms with E-state index in [0.29, 0.717) is 0 Å². The summed E-state index contributed by atoms with van der Waals surface area (Å²) in [7, 11) is 0. The molecule has 3 heterocycles. The second kappa shape index (κ2) is 7.34. The number of nitrogens with zero attached hydrogens (tertiary/aromatic N) is 4. The van der Waals surface area contributed by atoms with Crippen molar-refractivity contribution >= 4 is 17.7 Å². The highest BCUT2D eigenvalue weighted by Crippen LogP contribution is 2.26. The third-order valence-electron chi connectivity index (χ3n) is 4.19. The zero-order chi connectivity index (χ0) is 17.1. The second-order valence-electron chi connectivity index (χ2n) is 6.39. The maximum atomic E-state index is 12.6. The van der Waals surface area contributed by atoms with Crippen molar-refractivity contribution in [3.63, 3.8) is 0 Å². The normalized spacial score (nSPS) is 16.0. The van der Waals surface area contributed by atoms with Gasteiger partial charge in [-0.2, -0.15) is 0 Å². The number of aryl methyl sites for hydroxylation is 1. The fourth-order valence-electron chi connectivity index (χ4n) is 2.85. The fourth-order valence-corrected chi connectivity index (χ4v) is 3.67. The number of fused-ring (bicyclic) bond motifs is 1. The van der Waals surface area contributed by atoms with Crippen molar-refractivity contribution in [2.75, 3.05) is 0 Å². The summed E-state index contributed by atoms with van der Waals surface area (Å²) in [5, 5.41) is 12.4. The van der Waals surface area contributed by atoms with Gasteiger partial charge in [-0.25, -0.2) is 4.98 Å². The number of carbonyl (C=O) groups excluding carboxylic acids is 1. The number of carbonyl (C=O) groups is 1. The first-order chi connectivity index (χ1) is 11.6. The van der Waals surface area contributed by atoms with Gasteiger partial charge >= 0.3 is 0 Å². The molecule has 0 fully saturated rings. The van der Waals surface area contributed by atoms with Crippen LogP contribution in [0.1, 0.15) is 44.9 Å². The quantitative estimate of drug-likeness (QED) is 0.815. The molecule has 1 aliphatic heterocycles. The van der Waals surface area contributed by atoms with Crippen molar-refractivity contribution in [1.82, 2.24) is 25.1 Å². The van der Waals surface area contributed by atoms with Crippen LogP contribution >= 0.6 is 11.8 Å². The van der Waals surface area contributed by atoms with Crippen LogP contribution in [0, 0.1) is 5.92 Å². The van der Waals surface area contributed by atoms with Crippen LogP contribution in [0.4, 0.5) is 0 Å². The van der Waals surface area contributed by atoms with Gasteiger partial charge in [-0.05, 0) is 31.4 Å². The van der Waals surface area contributed by atoms with E-state index < -0.39 is 0 Å². The van der Waals surface area contributed by atoms with E-state index in [0.717, 1.165) is 36.1 Å². The maximum absolute atomic E-state index is 12.6. The standard InChI is InChI=1S/C17H23N5OS/c1-11(2)15(16-21-20-13-7-6-10-22(13)16)19-17(23)12(3)24-14-8-4-5-9-18-14/h4-5,8-9,11-12,15H,6-7,10H2,1-3H3,(H,19,23). The van der Waals surface area contributed by atoms with Gasteiger partial charge in [0.1, 0.15) is 5.82 Å². The molecule has 6 nitrogen and oxygen atoms in total. The van der Waals surface area contributed by atoms with Crippen molar-refractivity contribution in [1.29, 1.82) is 0 Å². The first-order valence-corrected chi connectivity index (χ1v) is 9.24. The van der Waals surface area contributed by atoms with Gasteiger partial charge in [0, 0.05) is 19.2 Å². The lowest BCUT2D eigenvalue weighted by Crippen LogP contribution is -2.38. The topological polar surface area (TPSA) is 72.7 Å². The summed E-state index contributed by atoms with van der Waals surface area (Å²) in [6.45, 7) is 7.03. The Labute approximate surface area is 146 Å². The lowest BCUT2D eigenvalue weighted by atomic mass is 10.0. The molecule has 0 bridgehead atoms. The molecule has 24 heavy (non-hydrogen) atoms. The predicted octanol–water partition coefficient (Wildman–Crippen LogP) is 2.61. The lowest BCUT2D eigenvalue weighted by Gasteiger charge is -2.23. The first-order valence-electron chi connectivity index (χ1n) is 8.36. The SMILES string of the molecule is CC(Sc1ccccn1)C(=O)NC(c1nnc2n1CCC2)C(C)C. The Hall–Kier alpha value is -1.89. The van der Waals surface area contributed by atoms with E-state index >= 15 is 0 Å². The van der Waals surface area contributed by atoms with Crippen molar-refractivity contribution in [3.8, 4) is 0 Å². The first kappa shape index (κ1) is 17.0. The van der Waals surface area contributed by atoms with Crippen LogP contribution in [-0.2, 0) is 17.8 Å². The zero-order valence-corrected chi connectivity index (χ0v) is 15.1. The molecule has 0 saturated carbocycles. The van der Waals surface area contributed by atoms with Crippen LogP contribution in [0.3, 0.4) is 0 Å². The summed E-state index contributed by atoms with van der Waals surface area (Å²) < 4.78 is 2.15. The third kappa shape index (κ3) is 3.61. The van der Waals surface area contributed by atoms with Gasteiger partial charge in [-0.15, -0.1) is 10.2 Å². The summed E-state index contributed by atoms with van der Waals surface area (Å²) in [6.07, 6.45) is 3.81. The molecule has 2 atom stereocenters. The van der Waals surface area contributed by atoms with Gasteiger partial charge in [0.25, 0.3) is 0 Å². The molecule has 3 rings (SSSR count). The number of amides is 1. The van der Waals surface area contributed by atoms with Crippen LogP contribution in [0.5, 0.6) is 0 Å². The summed E-state index contributed by atoms with van der Waals surface area (Å²) in [5.41, 5.74) is 0. The second-order valence-corrected chi connectivity index (χ2v) is 7.75. The Morgan fingerprint density at radius 1 is 1.29 bits per heavy atom. The monoisotopic (exact) mass is 345 g/mol. The molecule has 0 spiro atoms. The number of pyridine rings is 1. The number of hydrogen-bond donors (Lipinski definition) is 1. The Kier molecular flexibility index (Phi) is 5.18. The summed E-state index contributed by atoms with van der Waals surface area (Å²) >= 11 is 1.46. The van der Waals surface area contributed by atoms with E-state index in [9.17, 15) is 4.79 Å². The number of aromatic nitrogens is 4. The van der Waals surface area contributed by atoms with Gasteiger partial charge in [0.05, 0.1) is 16.3 Å². The van der Waals surface area contributed by atoms with Crippen molar-refractivity contribution in [2.45, 2.75) is 56.5 Å². The Morgan fingerprint density at radius 2 is 2.12 bits per heavy atom. The maximum Gasteiger partial charge on any atom is 0.233 e. The van der Waals surface area contributed by atoms with Gasteiger partial charge < -0.3 is 9.88 Å². The predicted molar refractivity (Wildman–Crippen MR) is 93.6 cm³/mol.